The fourth-order valence-corrected chi connectivity index (χ4v) is 4.13. The van der Waals surface area contributed by atoms with Gasteiger partial charge in [0.05, 0.1) is 11.3 Å². The summed E-state index contributed by atoms with van der Waals surface area (Å²) in [5.74, 6) is -0.0809. The lowest BCUT2D eigenvalue weighted by Gasteiger charge is -2.39. The number of pyridine rings is 1. The van der Waals surface area contributed by atoms with Crippen LogP contribution in [0.4, 0.5) is 4.39 Å². The molecule has 0 spiro atoms. The van der Waals surface area contributed by atoms with Crippen LogP contribution in [-0.4, -0.2) is 28.4 Å². The van der Waals surface area contributed by atoms with Gasteiger partial charge in [0.25, 0.3) is 5.91 Å². The minimum Gasteiger partial charge on any atom is -0.351 e. The molecule has 2 N–H and O–H groups in total. The highest BCUT2D eigenvalue weighted by molar-refractivity contribution is 5.94. The minimum absolute atomic E-state index is 0.0142. The smallest absolute Gasteiger partial charge is 0.253 e. The second-order valence-corrected chi connectivity index (χ2v) is 8.37. The zero-order valence-electron chi connectivity index (χ0n) is 17.2. The maximum absolute atomic E-state index is 13.4. The zero-order valence-corrected chi connectivity index (χ0v) is 17.2. The summed E-state index contributed by atoms with van der Waals surface area (Å²) in [5, 5.41) is 6.12. The summed E-state index contributed by atoms with van der Waals surface area (Å²) >= 11 is 0. The van der Waals surface area contributed by atoms with Gasteiger partial charge in [0, 0.05) is 30.3 Å². The van der Waals surface area contributed by atoms with Crippen molar-refractivity contribution in [3.63, 3.8) is 0 Å². The Balaban J connectivity index is 1.55. The second-order valence-electron chi connectivity index (χ2n) is 8.37. The van der Waals surface area contributed by atoms with Gasteiger partial charge < -0.3 is 10.6 Å². The summed E-state index contributed by atoms with van der Waals surface area (Å²) in [7, 11) is 0. The summed E-state index contributed by atoms with van der Waals surface area (Å²) in [4.78, 5) is 28.3. The van der Waals surface area contributed by atoms with E-state index >= 15 is 0 Å². The van der Waals surface area contributed by atoms with Gasteiger partial charge in [-0.15, -0.1) is 0 Å². The molecule has 0 radical (unpaired) electrons. The Bertz CT molecular complexity index is 872. The number of rotatable bonds is 5. The molecule has 2 amide bonds. The Morgan fingerprint density at radius 1 is 1.10 bits per heavy atom. The first kappa shape index (κ1) is 21.0. The summed E-state index contributed by atoms with van der Waals surface area (Å²) < 4.78 is 13.4. The van der Waals surface area contributed by atoms with Crippen LogP contribution in [-0.2, 0) is 4.79 Å². The van der Waals surface area contributed by atoms with Crippen molar-refractivity contribution in [2.75, 3.05) is 0 Å². The number of benzene rings is 1. The molecule has 1 aromatic heterocycles. The largest absolute Gasteiger partial charge is 0.351 e. The molecule has 1 aliphatic carbocycles. The summed E-state index contributed by atoms with van der Waals surface area (Å²) in [5.41, 5.74) is 1.56. The number of hydrogen-bond donors (Lipinski definition) is 2. The number of nitrogens with zero attached hydrogens (tertiary/aromatic N) is 1. The van der Waals surface area contributed by atoms with Gasteiger partial charge in [-0.25, -0.2) is 4.39 Å². The highest BCUT2D eigenvalue weighted by Crippen LogP contribution is 2.32. The molecule has 0 aliphatic heterocycles. The monoisotopic (exact) mass is 397 g/mol. The Morgan fingerprint density at radius 3 is 2.41 bits per heavy atom. The molecule has 5 nitrogen and oxygen atoms in total. The van der Waals surface area contributed by atoms with E-state index in [2.05, 4.69) is 29.5 Å². The molecular formula is C23H28FN3O2. The molecule has 1 heterocycles. The third-order valence-electron chi connectivity index (χ3n) is 5.73. The molecular weight excluding hydrogens is 369 g/mol. The van der Waals surface area contributed by atoms with E-state index in [9.17, 15) is 14.0 Å². The molecule has 29 heavy (non-hydrogen) atoms. The lowest BCUT2D eigenvalue weighted by Crippen LogP contribution is -2.50. The van der Waals surface area contributed by atoms with Crippen LogP contribution in [0.5, 0.6) is 0 Å². The maximum Gasteiger partial charge on any atom is 0.253 e. The van der Waals surface area contributed by atoms with Crippen LogP contribution in [0.15, 0.2) is 42.6 Å². The normalized spacial score (nSPS) is 19.4. The first-order chi connectivity index (χ1) is 13.7. The number of aromatic nitrogens is 1. The van der Waals surface area contributed by atoms with Crippen molar-refractivity contribution in [1.82, 2.24) is 15.6 Å². The van der Waals surface area contributed by atoms with Crippen molar-refractivity contribution in [3.05, 3.63) is 54.0 Å². The molecule has 1 saturated carbocycles. The van der Waals surface area contributed by atoms with Crippen molar-refractivity contribution >= 4 is 11.8 Å². The predicted molar refractivity (Wildman–Crippen MR) is 111 cm³/mol. The number of halogens is 1. The van der Waals surface area contributed by atoms with E-state index in [4.69, 9.17) is 0 Å². The van der Waals surface area contributed by atoms with E-state index in [1.807, 2.05) is 0 Å². The Hall–Kier alpha value is -2.76. The average Bonchev–Trinajstić information content (AvgIpc) is 2.67. The van der Waals surface area contributed by atoms with Crippen LogP contribution in [0.25, 0.3) is 11.3 Å². The molecule has 0 unspecified atom stereocenters. The van der Waals surface area contributed by atoms with Crippen LogP contribution < -0.4 is 10.6 Å². The Morgan fingerprint density at radius 2 is 1.83 bits per heavy atom. The summed E-state index contributed by atoms with van der Waals surface area (Å²) in [6.45, 7) is 5.66. The molecule has 6 heteroatoms. The highest BCUT2D eigenvalue weighted by atomic mass is 19.1. The van der Waals surface area contributed by atoms with E-state index < -0.39 is 0 Å². The molecule has 3 rings (SSSR count). The van der Waals surface area contributed by atoms with Gasteiger partial charge in [-0.1, -0.05) is 12.1 Å². The van der Waals surface area contributed by atoms with Crippen LogP contribution in [0, 0.1) is 11.7 Å². The molecule has 154 valence electrons. The molecule has 1 aromatic carbocycles. The van der Waals surface area contributed by atoms with Gasteiger partial charge in [-0.3, -0.25) is 14.6 Å². The van der Waals surface area contributed by atoms with E-state index in [0.717, 1.165) is 25.7 Å². The minimum atomic E-state index is -0.316. The molecule has 0 bridgehead atoms. The lowest BCUT2D eigenvalue weighted by atomic mass is 9.75. The molecule has 1 aliphatic rings. The number of hydrogen-bond acceptors (Lipinski definition) is 3. The molecule has 1 fully saturated rings. The van der Waals surface area contributed by atoms with Crippen molar-refractivity contribution in [2.45, 2.75) is 58.0 Å². The van der Waals surface area contributed by atoms with E-state index in [1.165, 1.54) is 18.3 Å². The van der Waals surface area contributed by atoms with E-state index in [0.29, 0.717) is 22.7 Å². The zero-order chi connectivity index (χ0) is 21.0. The third kappa shape index (κ3) is 5.40. The summed E-state index contributed by atoms with van der Waals surface area (Å²) in [6.07, 6.45) is 5.20. The van der Waals surface area contributed by atoms with Gasteiger partial charge in [0.1, 0.15) is 5.82 Å². The Kier molecular flexibility index (Phi) is 6.30. The van der Waals surface area contributed by atoms with Gasteiger partial charge in [0.15, 0.2) is 0 Å². The first-order valence-corrected chi connectivity index (χ1v) is 10.1. The van der Waals surface area contributed by atoms with E-state index in [-0.39, 0.29) is 29.2 Å². The van der Waals surface area contributed by atoms with Crippen molar-refractivity contribution in [3.8, 4) is 11.3 Å². The van der Waals surface area contributed by atoms with Crippen LogP contribution in [0.3, 0.4) is 0 Å². The van der Waals surface area contributed by atoms with Crippen LogP contribution in [0.1, 0.15) is 56.8 Å². The van der Waals surface area contributed by atoms with Crippen molar-refractivity contribution in [2.24, 2.45) is 5.92 Å². The van der Waals surface area contributed by atoms with Crippen LogP contribution >= 0.6 is 0 Å². The fraction of sp³-hybridized carbons (Fsp3) is 0.435. The van der Waals surface area contributed by atoms with Crippen molar-refractivity contribution in [1.29, 1.82) is 0 Å². The SMILES string of the molecule is CC(=O)NC(C)(C)[C@H]1CC[C@H](NC(=O)c2ccc(-c3cccc(F)c3)nc2)CC1. The number of amides is 2. The first-order valence-electron chi connectivity index (χ1n) is 10.1. The fourth-order valence-electron chi connectivity index (χ4n) is 4.13. The predicted octanol–water partition coefficient (Wildman–Crippen LogP) is 4.09. The highest BCUT2D eigenvalue weighted by Gasteiger charge is 2.34. The molecule has 0 saturated heterocycles. The number of nitrogens with one attached hydrogen (secondary N) is 2. The van der Waals surface area contributed by atoms with Gasteiger partial charge in [0.2, 0.25) is 5.91 Å². The van der Waals surface area contributed by atoms with Crippen LogP contribution in [0.2, 0.25) is 0 Å². The number of carbonyl (C=O) groups is 2. The lowest BCUT2D eigenvalue weighted by molar-refractivity contribution is -0.121. The topological polar surface area (TPSA) is 71.1 Å². The summed E-state index contributed by atoms with van der Waals surface area (Å²) in [6, 6.07) is 9.79. The van der Waals surface area contributed by atoms with E-state index in [1.54, 1.807) is 31.2 Å². The number of carbonyl (C=O) groups excluding carboxylic acids is 2. The third-order valence-corrected chi connectivity index (χ3v) is 5.73. The van der Waals surface area contributed by atoms with Gasteiger partial charge in [-0.2, -0.15) is 0 Å². The Labute approximate surface area is 171 Å². The second kappa shape index (κ2) is 8.72. The maximum atomic E-state index is 13.4. The van der Waals surface area contributed by atoms with Gasteiger partial charge in [-0.05, 0) is 69.7 Å². The molecule has 2 aromatic rings. The molecule has 0 atom stereocenters. The standard InChI is InChI=1S/C23H28FN3O2/c1-15(28)27-23(2,3)18-8-10-20(11-9-18)26-22(29)17-7-12-21(25-14-17)16-5-4-6-19(24)13-16/h4-7,12-14,18,20H,8-11H2,1-3H3,(H,26,29)(H,27,28)/t18-,20-. The van der Waals surface area contributed by atoms with Crippen molar-refractivity contribution < 1.29 is 14.0 Å². The average molecular weight is 397 g/mol. The quantitative estimate of drug-likeness (QED) is 0.798. The van der Waals surface area contributed by atoms with Gasteiger partial charge >= 0.3 is 0 Å².